The van der Waals surface area contributed by atoms with E-state index in [1.165, 1.54) is 42.0 Å². The van der Waals surface area contributed by atoms with Crippen molar-refractivity contribution in [3.8, 4) is 33.5 Å². The molecule has 0 radical (unpaired) electrons. The van der Waals surface area contributed by atoms with Crippen LogP contribution in [-0.2, 0) is 17.6 Å². The molecule has 200 valence electrons. The average Bonchev–Trinajstić information content (AvgIpc) is 3.31. The van der Waals surface area contributed by atoms with E-state index in [0.717, 1.165) is 65.0 Å². The molecule has 40 heavy (non-hydrogen) atoms. The second-order valence-corrected chi connectivity index (χ2v) is 11.6. The zero-order valence-electron chi connectivity index (χ0n) is 22.4. The van der Waals surface area contributed by atoms with Gasteiger partial charge in [0.05, 0.1) is 13.2 Å². The molecule has 1 aliphatic carbocycles. The molecule has 2 bridgehead atoms. The van der Waals surface area contributed by atoms with Crippen molar-refractivity contribution in [2.24, 2.45) is 0 Å². The number of hydrogen-bond acceptors (Lipinski definition) is 4. The standard InChI is InChI=1S/C34H32N4O2/c39-33-3-1-2-32(37-33)23-7-5-22(6-8-23)31-18-36-34-30(31)15-26(17-35-34)25-9-4-21-10-12-27(13-11-24(21)14-25)38-28-16-29(38)20-40-19-28/h1-9,14-15,17-18,27-29H,10-13,16,19-20H2,(H,35,36)(H,37,39). The fourth-order valence-electron chi connectivity index (χ4n) is 7.18. The summed E-state index contributed by atoms with van der Waals surface area (Å²) in [6.45, 7) is 1.83. The van der Waals surface area contributed by atoms with Gasteiger partial charge in [-0.3, -0.25) is 9.69 Å². The summed E-state index contributed by atoms with van der Waals surface area (Å²) >= 11 is 0. The van der Waals surface area contributed by atoms with Crippen LogP contribution in [0.3, 0.4) is 0 Å². The van der Waals surface area contributed by atoms with Crippen LogP contribution >= 0.6 is 0 Å². The Morgan fingerprint density at radius 3 is 2.38 bits per heavy atom. The summed E-state index contributed by atoms with van der Waals surface area (Å²) in [4.78, 5) is 25.5. The molecule has 3 aliphatic rings. The van der Waals surface area contributed by atoms with E-state index in [9.17, 15) is 4.79 Å². The minimum atomic E-state index is -0.0945. The molecular formula is C34H32N4O2. The van der Waals surface area contributed by atoms with Crippen molar-refractivity contribution in [3.63, 3.8) is 0 Å². The summed E-state index contributed by atoms with van der Waals surface area (Å²) in [6, 6.07) is 24.8. The minimum absolute atomic E-state index is 0.0945. The summed E-state index contributed by atoms with van der Waals surface area (Å²) in [7, 11) is 0. The zero-order valence-corrected chi connectivity index (χ0v) is 22.4. The summed E-state index contributed by atoms with van der Waals surface area (Å²) in [6.07, 6.45) is 10.1. The van der Waals surface area contributed by atoms with E-state index in [-0.39, 0.29) is 5.56 Å². The van der Waals surface area contributed by atoms with E-state index >= 15 is 0 Å². The maximum Gasteiger partial charge on any atom is 0.248 e. The van der Waals surface area contributed by atoms with Crippen LogP contribution in [0, 0.1) is 0 Å². The van der Waals surface area contributed by atoms with Crippen molar-refractivity contribution in [2.75, 3.05) is 13.2 Å². The van der Waals surface area contributed by atoms with Gasteiger partial charge in [0.25, 0.3) is 0 Å². The third kappa shape index (κ3) is 4.10. The summed E-state index contributed by atoms with van der Waals surface area (Å²) in [5.74, 6) is 0. The zero-order chi connectivity index (χ0) is 26.6. The first-order valence-electron chi connectivity index (χ1n) is 14.4. The number of fused-ring (bicyclic) bond motifs is 4. The number of ether oxygens (including phenoxy) is 1. The fraction of sp³-hybridized carbons (Fsp3) is 0.294. The summed E-state index contributed by atoms with van der Waals surface area (Å²) in [5.41, 5.74) is 10.2. The molecule has 2 fully saturated rings. The van der Waals surface area contributed by atoms with Gasteiger partial charge < -0.3 is 14.7 Å². The Labute approximate surface area is 233 Å². The molecule has 0 saturated carbocycles. The Balaban J connectivity index is 1.06. The highest BCUT2D eigenvalue weighted by atomic mass is 16.5. The second-order valence-electron chi connectivity index (χ2n) is 11.6. The highest BCUT2D eigenvalue weighted by Gasteiger charge is 2.45. The van der Waals surface area contributed by atoms with Gasteiger partial charge in [0, 0.05) is 58.8 Å². The third-order valence-electron chi connectivity index (χ3n) is 9.27. The summed E-state index contributed by atoms with van der Waals surface area (Å²) in [5, 5.41) is 1.11. The van der Waals surface area contributed by atoms with E-state index in [0.29, 0.717) is 18.1 Å². The molecule has 2 N–H and O–H groups in total. The number of H-pyrrole nitrogens is 2. The number of aryl methyl sites for hydroxylation is 2. The first kappa shape index (κ1) is 23.9. The number of aromatic nitrogens is 3. The number of nitrogens with one attached hydrogen (secondary N) is 2. The smallest absolute Gasteiger partial charge is 0.248 e. The van der Waals surface area contributed by atoms with Crippen LogP contribution in [0.15, 0.2) is 83.9 Å². The van der Waals surface area contributed by atoms with E-state index in [1.54, 1.807) is 6.07 Å². The molecular weight excluding hydrogens is 496 g/mol. The van der Waals surface area contributed by atoms with Gasteiger partial charge in [-0.05, 0) is 72.1 Å². The van der Waals surface area contributed by atoms with Crippen LogP contribution in [0.2, 0.25) is 0 Å². The number of morpholine rings is 1. The molecule has 0 amide bonds. The van der Waals surface area contributed by atoms with Crippen LogP contribution in [0.25, 0.3) is 44.5 Å². The van der Waals surface area contributed by atoms with Crippen molar-refractivity contribution in [2.45, 2.75) is 50.2 Å². The highest BCUT2D eigenvalue weighted by Crippen LogP contribution is 2.38. The van der Waals surface area contributed by atoms with Gasteiger partial charge in [-0.25, -0.2) is 4.98 Å². The van der Waals surface area contributed by atoms with Gasteiger partial charge in [0.1, 0.15) is 5.65 Å². The normalized spacial score (nSPS) is 22.4. The van der Waals surface area contributed by atoms with Crippen molar-refractivity contribution in [3.05, 3.63) is 101 Å². The first-order valence-corrected chi connectivity index (χ1v) is 14.4. The molecule has 6 nitrogen and oxygen atoms in total. The monoisotopic (exact) mass is 528 g/mol. The third-order valence-corrected chi connectivity index (χ3v) is 9.27. The topological polar surface area (TPSA) is 74.0 Å². The lowest BCUT2D eigenvalue weighted by Gasteiger charge is -2.56. The molecule has 8 rings (SSSR count). The maximum atomic E-state index is 11.7. The van der Waals surface area contributed by atoms with Gasteiger partial charge in [-0.1, -0.05) is 48.5 Å². The fourth-order valence-corrected chi connectivity index (χ4v) is 7.18. The first-order chi connectivity index (χ1) is 19.7. The van der Waals surface area contributed by atoms with E-state index in [1.807, 2.05) is 18.5 Å². The second kappa shape index (κ2) is 9.58. The lowest BCUT2D eigenvalue weighted by atomic mass is 9.87. The molecule has 5 heterocycles. The summed E-state index contributed by atoms with van der Waals surface area (Å²) < 4.78 is 5.74. The Morgan fingerprint density at radius 2 is 1.57 bits per heavy atom. The van der Waals surface area contributed by atoms with Crippen molar-refractivity contribution >= 4 is 11.0 Å². The largest absolute Gasteiger partial charge is 0.378 e. The highest BCUT2D eigenvalue weighted by molar-refractivity contribution is 5.96. The van der Waals surface area contributed by atoms with Crippen LogP contribution in [0.5, 0.6) is 0 Å². The Kier molecular flexibility index (Phi) is 5.71. The van der Waals surface area contributed by atoms with E-state index in [2.05, 4.69) is 63.4 Å². The van der Waals surface area contributed by atoms with Gasteiger partial charge >= 0.3 is 0 Å². The van der Waals surface area contributed by atoms with Crippen LogP contribution in [-0.4, -0.2) is 51.2 Å². The predicted octanol–water partition coefficient (Wildman–Crippen LogP) is 5.97. The number of rotatable bonds is 4. The number of nitrogens with zero attached hydrogens (tertiary/aromatic N) is 2. The molecule has 2 aromatic carbocycles. The quantitative estimate of drug-likeness (QED) is 0.282. The Hall–Kier alpha value is -4.00. The molecule has 3 atom stereocenters. The lowest BCUT2D eigenvalue weighted by molar-refractivity contribution is -0.148. The van der Waals surface area contributed by atoms with Gasteiger partial charge in [0.2, 0.25) is 5.56 Å². The number of aromatic amines is 2. The average molecular weight is 529 g/mol. The maximum absolute atomic E-state index is 11.7. The molecule has 6 heteroatoms. The Morgan fingerprint density at radius 1 is 0.800 bits per heavy atom. The Bertz CT molecular complexity index is 1760. The molecule has 5 aromatic rings. The molecule has 2 saturated heterocycles. The van der Waals surface area contributed by atoms with Gasteiger partial charge in [-0.2, -0.15) is 0 Å². The van der Waals surface area contributed by atoms with Crippen molar-refractivity contribution in [1.82, 2.24) is 19.9 Å². The molecule has 2 aliphatic heterocycles. The molecule has 0 spiro atoms. The number of pyridine rings is 2. The van der Waals surface area contributed by atoms with E-state index < -0.39 is 0 Å². The van der Waals surface area contributed by atoms with Crippen LogP contribution in [0.4, 0.5) is 0 Å². The van der Waals surface area contributed by atoms with Gasteiger partial charge in [0.15, 0.2) is 0 Å². The SMILES string of the molecule is O=c1cccc(-c2ccc(-c3c[nH]c4ncc(-c5ccc6c(c5)CCC(N5C7COCC5C7)CC6)cc34)cc2)[nH]1. The van der Waals surface area contributed by atoms with Crippen molar-refractivity contribution in [1.29, 1.82) is 0 Å². The molecule has 3 unspecified atom stereocenters. The lowest BCUT2D eigenvalue weighted by Crippen LogP contribution is -2.66. The number of benzene rings is 2. The minimum Gasteiger partial charge on any atom is -0.378 e. The number of hydrogen-bond donors (Lipinski definition) is 2. The van der Waals surface area contributed by atoms with Crippen LogP contribution in [0.1, 0.15) is 30.4 Å². The van der Waals surface area contributed by atoms with E-state index in [4.69, 9.17) is 9.72 Å². The molecule has 3 aromatic heterocycles. The van der Waals surface area contributed by atoms with Gasteiger partial charge in [-0.15, -0.1) is 0 Å². The van der Waals surface area contributed by atoms with Crippen molar-refractivity contribution < 1.29 is 4.74 Å². The predicted molar refractivity (Wildman–Crippen MR) is 158 cm³/mol. The van der Waals surface area contributed by atoms with Crippen LogP contribution < -0.4 is 5.56 Å².